The van der Waals surface area contributed by atoms with Gasteiger partial charge in [0.05, 0.1) is 21.7 Å². The average Bonchev–Trinajstić information content (AvgIpc) is 2.33. The number of nitrogens with zero attached hydrogens (tertiary/aromatic N) is 1. The van der Waals surface area contributed by atoms with Crippen LogP contribution in [0.1, 0.15) is 18.4 Å². The van der Waals surface area contributed by atoms with E-state index in [-0.39, 0.29) is 17.1 Å². The molecule has 0 aromatic heterocycles. The van der Waals surface area contributed by atoms with Crippen LogP contribution in [0.25, 0.3) is 0 Å². The molecule has 0 amide bonds. The van der Waals surface area contributed by atoms with E-state index in [1.807, 2.05) is 0 Å². The van der Waals surface area contributed by atoms with Gasteiger partial charge in [-0.25, -0.2) is 8.42 Å². The molecule has 7 heteroatoms. The van der Waals surface area contributed by atoms with E-state index in [2.05, 4.69) is 0 Å². The largest absolute Gasteiger partial charge is 0.397 e. The smallest absolute Gasteiger partial charge is 0.243 e. The Labute approximate surface area is 118 Å². The minimum Gasteiger partial charge on any atom is -0.397 e. The van der Waals surface area contributed by atoms with Crippen molar-refractivity contribution >= 4 is 27.3 Å². The number of nitrogens with two attached hydrogens (primary N) is 1. The molecule has 106 valence electrons. The Kier molecular flexibility index (Phi) is 4.06. The van der Waals surface area contributed by atoms with Crippen molar-refractivity contribution in [1.29, 1.82) is 0 Å². The zero-order valence-corrected chi connectivity index (χ0v) is 12.2. The molecule has 0 spiro atoms. The molecule has 3 N–H and O–H groups in total. The van der Waals surface area contributed by atoms with E-state index < -0.39 is 16.1 Å². The van der Waals surface area contributed by atoms with Crippen LogP contribution in [0.5, 0.6) is 0 Å². The summed E-state index contributed by atoms with van der Waals surface area (Å²) in [6.07, 6.45) is 0.685. The van der Waals surface area contributed by atoms with E-state index in [9.17, 15) is 13.5 Å². The zero-order valence-electron chi connectivity index (χ0n) is 10.6. The van der Waals surface area contributed by atoms with Crippen LogP contribution in [0.4, 0.5) is 5.69 Å². The lowest BCUT2D eigenvalue weighted by molar-refractivity contribution is 0.108. The highest BCUT2D eigenvalue weighted by atomic mass is 35.5. The van der Waals surface area contributed by atoms with Crippen molar-refractivity contribution in [1.82, 2.24) is 4.31 Å². The Morgan fingerprint density at radius 3 is 2.79 bits per heavy atom. The van der Waals surface area contributed by atoms with Gasteiger partial charge in [0.25, 0.3) is 0 Å². The van der Waals surface area contributed by atoms with Gasteiger partial charge in [-0.15, -0.1) is 0 Å². The third kappa shape index (κ3) is 2.86. The van der Waals surface area contributed by atoms with Crippen molar-refractivity contribution in [2.45, 2.75) is 30.8 Å². The zero-order chi connectivity index (χ0) is 14.2. The van der Waals surface area contributed by atoms with Gasteiger partial charge >= 0.3 is 0 Å². The molecular formula is C12H17ClN2O3S. The van der Waals surface area contributed by atoms with Gasteiger partial charge in [-0.3, -0.25) is 0 Å². The first-order valence-corrected chi connectivity index (χ1v) is 7.88. The molecule has 2 rings (SSSR count). The molecule has 1 fully saturated rings. The number of aliphatic hydroxyl groups excluding tert-OH is 1. The molecule has 1 aromatic carbocycles. The fraction of sp³-hybridized carbons (Fsp3) is 0.500. The number of hydrogen-bond donors (Lipinski definition) is 2. The molecule has 1 unspecified atom stereocenters. The maximum Gasteiger partial charge on any atom is 0.243 e. The van der Waals surface area contributed by atoms with E-state index in [1.165, 1.54) is 10.4 Å². The summed E-state index contributed by atoms with van der Waals surface area (Å²) >= 11 is 5.87. The lowest BCUT2D eigenvalue weighted by Gasteiger charge is -2.29. The second kappa shape index (κ2) is 5.28. The molecule has 1 atom stereocenters. The molecular weight excluding hydrogens is 288 g/mol. The number of anilines is 1. The highest BCUT2D eigenvalue weighted by Crippen LogP contribution is 2.29. The van der Waals surface area contributed by atoms with E-state index in [4.69, 9.17) is 17.3 Å². The Balaban J connectivity index is 2.42. The highest BCUT2D eigenvalue weighted by Gasteiger charge is 2.30. The van der Waals surface area contributed by atoms with Crippen molar-refractivity contribution in [2.24, 2.45) is 0 Å². The summed E-state index contributed by atoms with van der Waals surface area (Å²) in [5, 5.41) is 9.95. The van der Waals surface area contributed by atoms with Crippen LogP contribution in [-0.2, 0) is 10.0 Å². The number of halogens is 1. The maximum atomic E-state index is 12.5. The molecule has 0 saturated carbocycles. The van der Waals surface area contributed by atoms with E-state index >= 15 is 0 Å². The summed E-state index contributed by atoms with van der Waals surface area (Å²) < 4.78 is 26.4. The fourth-order valence-electron chi connectivity index (χ4n) is 2.22. The van der Waals surface area contributed by atoms with Gasteiger partial charge in [-0.2, -0.15) is 4.31 Å². The summed E-state index contributed by atoms with van der Waals surface area (Å²) in [5.74, 6) is 0. The predicted octanol–water partition coefficient (Wildman–Crippen LogP) is 1.38. The second-order valence-corrected chi connectivity index (χ2v) is 7.11. The number of β-amino-alcohol motifs (C(OH)–C–C–N with tert-alkyl or cyclic N) is 1. The summed E-state index contributed by atoms with van der Waals surface area (Å²) in [7, 11) is -3.63. The standard InChI is InChI=1S/C12H17ClN2O3S/c1-8-5-10(13)11(14)6-12(8)19(17,18)15-4-2-3-9(16)7-15/h5-6,9,16H,2-4,7,14H2,1H3. The van der Waals surface area contributed by atoms with Crippen molar-refractivity contribution in [3.8, 4) is 0 Å². The van der Waals surface area contributed by atoms with Gasteiger partial charge in [-0.05, 0) is 37.5 Å². The van der Waals surface area contributed by atoms with Gasteiger partial charge in [-0.1, -0.05) is 11.6 Å². The van der Waals surface area contributed by atoms with Crippen LogP contribution in [0.2, 0.25) is 5.02 Å². The first-order chi connectivity index (χ1) is 8.82. The molecule has 1 saturated heterocycles. The Bertz CT molecular complexity index is 589. The fourth-order valence-corrected chi connectivity index (χ4v) is 4.20. The van der Waals surface area contributed by atoms with Crippen molar-refractivity contribution in [3.63, 3.8) is 0 Å². The Hall–Kier alpha value is -0.820. The Morgan fingerprint density at radius 2 is 2.16 bits per heavy atom. The number of rotatable bonds is 2. The third-order valence-electron chi connectivity index (χ3n) is 3.27. The number of hydrogen-bond acceptors (Lipinski definition) is 4. The molecule has 1 aromatic rings. The lowest BCUT2D eigenvalue weighted by Crippen LogP contribution is -2.42. The SMILES string of the molecule is Cc1cc(Cl)c(N)cc1S(=O)(=O)N1CCCC(O)C1. The van der Waals surface area contributed by atoms with Gasteiger partial charge in [0.1, 0.15) is 0 Å². The quantitative estimate of drug-likeness (QED) is 0.809. The highest BCUT2D eigenvalue weighted by molar-refractivity contribution is 7.89. The van der Waals surface area contributed by atoms with Crippen LogP contribution in [0.15, 0.2) is 17.0 Å². The number of aliphatic hydroxyl groups is 1. The molecule has 5 nitrogen and oxygen atoms in total. The monoisotopic (exact) mass is 304 g/mol. The number of benzene rings is 1. The number of nitrogen functional groups attached to an aromatic ring is 1. The second-order valence-electron chi connectivity index (χ2n) is 4.80. The average molecular weight is 305 g/mol. The molecule has 19 heavy (non-hydrogen) atoms. The molecule has 1 heterocycles. The summed E-state index contributed by atoms with van der Waals surface area (Å²) in [6.45, 7) is 2.23. The third-order valence-corrected chi connectivity index (χ3v) is 5.61. The minimum atomic E-state index is -3.63. The molecule has 0 aliphatic carbocycles. The maximum absolute atomic E-state index is 12.5. The lowest BCUT2D eigenvalue weighted by atomic mass is 10.1. The van der Waals surface area contributed by atoms with Gasteiger partial charge in [0.15, 0.2) is 0 Å². The molecule has 0 bridgehead atoms. The topological polar surface area (TPSA) is 83.6 Å². The number of sulfonamides is 1. The van der Waals surface area contributed by atoms with Crippen LogP contribution in [-0.4, -0.2) is 37.0 Å². The predicted molar refractivity (Wildman–Crippen MR) is 74.6 cm³/mol. The van der Waals surface area contributed by atoms with E-state index in [0.717, 1.165) is 0 Å². The number of aryl methyl sites for hydroxylation is 1. The van der Waals surface area contributed by atoms with Crippen molar-refractivity contribution in [3.05, 3.63) is 22.7 Å². The summed E-state index contributed by atoms with van der Waals surface area (Å²) in [4.78, 5) is 0.156. The normalized spacial score (nSPS) is 21.5. The van der Waals surface area contributed by atoms with E-state index in [0.29, 0.717) is 30.0 Å². The summed E-state index contributed by atoms with van der Waals surface area (Å²) in [5.41, 5.74) is 6.47. The minimum absolute atomic E-state index is 0.129. The summed E-state index contributed by atoms with van der Waals surface area (Å²) in [6, 6.07) is 2.93. The van der Waals surface area contributed by atoms with E-state index in [1.54, 1.807) is 13.0 Å². The van der Waals surface area contributed by atoms with Gasteiger partial charge in [0.2, 0.25) is 10.0 Å². The van der Waals surface area contributed by atoms with Crippen LogP contribution < -0.4 is 5.73 Å². The van der Waals surface area contributed by atoms with Crippen molar-refractivity contribution in [2.75, 3.05) is 18.8 Å². The first kappa shape index (κ1) is 14.6. The van der Waals surface area contributed by atoms with Crippen molar-refractivity contribution < 1.29 is 13.5 Å². The van der Waals surface area contributed by atoms with Gasteiger partial charge < -0.3 is 10.8 Å². The van der Waals surface area contributed by atoms with Crippen LogP contribution in [0.3, 0.4) is 0 Å². The molecule has 0 radical (unpaired) electrons. The van der Waals surface area contributed by atoms with Crippen LogP contribution >= 0.6 is 11.6 Å². The molecule has 1 aliphatic rings. The number of piperidine rings is 1. The van der Waals surface area contributed by atoms with Crippen LogP contribution in [0, 0.1) is 6.92 Å². The Morgan fingerprint density at radius 1 is 1.47 bits per heavy atom. The first-order valence-electron chi connectivity index (χ1n) is 6.06. The van der Waals surface area contributed by atoms with Gasteiger partial charge in [0, 0.05) is 13.1 Å². The molecule has 1 aliphatic heterocycles.